The third-order valence-corrected chi connectivity index (χ3v) is 10.7. The van der Waals surface area contributed by atoms with Crippen LogP contribution in [0.25, 0.3) is 44.3 Å². The van der Waals surface area contributed by atoms with Gasteiger partial charge in [0.1, 0.15) is 28.6 Å². The van der Waals surface area contributed by atoms with E-state index in [1.54, 1.807) is 0 Å². The van der Waals surface area contributed by atoms with Crippen molar-refractivity contribution in [1.29, 1.82) is 0 Å². The van der Waals surface area contributed by atoms with Gasteiger partial charge in [-0.25, -0.2) is 15.0 Å². The minimum atomic E-state index is 0.674. The summed E-state index contributed by atoms with van der Waals surface area (Å²) < 4.78 is 21.2. The summed E-state index contributed by atoms with van der Waals surface area (Å²) in [5.41, 5.74) is 5.57. The predicted octanol–water partition coefficient (Wildman–Crippen LogP) is 12.8. The fourth-order valence-electron chi connectivity index (χ4n) is 5.75. The second-order valence-corrected chi connectivity index (χ2v) is 15.1. The zero-order chi connectivity index (χ0) is 37.4. The van der Waals surface area contributed by atoms with Gasteiger partial charge in [-0.1, -0.05) is 95.3 Å². The number of halogens is 2. The number of aromatic nitrogens is 4. The molecule has 8 nitrogen and oxygen atoms in total. The first-order valence-corrected chi connectivity index (χ1v) is 20.0. The summed E-state index contributed by atoms with van der Waals surface area (Å²) >= 11 is 5.73. The topological polar surface area (TPSA) is 83.4 Å². The molecule has 0 bridgehead atoms. The Morgan fingerprint density at radius 2 is 1.09 bits per heavy atom. The Balaban J connectivity index is 0.000000164. The van der Waals surface area contributed by atoms with Crippen molar-refractivity contribution < 1.29 is 18.8 Å². The molecule has 270 valence electrons. The number of para-hydroxylation sites is 4. The number of fused-ring (bicyclic) bond motifs is 2. The van der Waals surface area contributed by atoms with Gasteiger partial charge in [-0.2, -0.15) is 0 Å². The number of hydrogen-bond acceptors (Lipinski definition) is 7. The van der Waals surface area contributed by atoms with E-state index < -0.39 is 0 Å². The average molecular weight is 965 g/mol. The summed E-state index contributed by atoms with van der Waals surface area (Å²) in [6.45, 7) is 0. The number of benzene rings is 5. The third kappa shape index (κ3) is 8.81. The van der Waals surface area contributed by atoms with Crippen molar-refractivity contribution in [1.82, 2.24) is 19.7 Å². The van der Waals surface area contributed by atoms with Gasteiger partial charge in [-0.05, 0) is 106 Å². The van der Waals surface area contributed by atoms with Crippen LogP contribution in [0.1, 0.15) is 0 Å². The molecule has 5 aromatic carbocycles. The molecule has 0 unspecified atom stereocenters. The SMILES string of the molecule is Ic1c[nH]c2ncc(-c3ccccc3Oc3ccccc3)cc12.Ic1cn(OOSc2ccccc2)c2ncc(-c3ccccc3Oc3ccccc3)cc12. The van der Waals surface area contributed by atoms with E-state index in [9.17, 15) is 0 Å². The molecule has 0 aliphatic carbocycles. The molecule has 0 atom stereocenters. The van der Waals surface area contributed by atoms with Gasteiger partial charge in [0, 0.05) is 63.7 Å². The maximum absolute atomic E-state index is 6.12. The standard InChI is InChI=1S/C25H17IN2O3S.C19H13IN2O/c26-23-17-28(30-31-32-20-11-5-2-6-12-20)25-22(23)15-18(16-27-25)21-13-7-8-14-24(21)29-19-9-3-1-4-10-19;20-17-12-22-19-16(17)10-13(11-21-19)15-8-4-5-9-18(15)23-14-6-2-1-3-7-14/h1-17H;1-12H,(H,21,22). The van der Waals surface area contributed by atoms with Crippen molar-refractivity contribution in [2.45, 2.75) is 4.90 Å². The largest absolute Gasteiger partial charge is 0.457 e. The highest BCUT2D eigenvalue weighted by molar-refractivity contribution is 14.1. The third-order valence-electron chi connectivity index (χ3n) is 8.37. The Labute approximate surface area is 348 Å². The number of H-pyrrole nitrogens is 1. The minimum Gasteiger partial charge on any atom is -0.457 e. The van der Waals surface area contributed by atoms with E-state index >= 15 is 0 Å². The van der Waals surface area contributed by atoms with E-state index in [1.807, 2.05) is 158 Å². The van der Waals surface area contributed by atoms with Crippen LogP contribution in [0.4, 0.5) is 0 Å². The number of aromatic amines is 1. The van der Waals surface area contributed by atoms with E-state index in [2.05, 4.69) is 78.3 Å². The van der Waals surface area contributed by atoms with Crippen molar-refractivity contribution in [2.24, 2.45) is 0 Å². The first-order valence-electron chi connectivity index (χ1n) is 17.1. The predicted molar refractivity (Wildman–Crippen MR) is 235 cm³/mol. The molecule has 0 saturated heterocycles. The lowest BCUT2D eigenvalue weighted by atomic mass is 10.1. The number of nitrogens with one attached hydrogen (secondary N) is 1. The lowest BCUT2D eigenvalue weighted by Gasteiger charge is -2.11. The van der Waals surface area contributed by atoms with E-state index in [-0.39, 0.29) is 0 Å². The maximum Gasteiger partial charge on any atom is 0.180 e. The summed E-state index contributed by atoms with van der Waals surface area (Å²) in [4.78, 5) is 18.8. The molecule has 4 heterocycles. The van der Waals surface area contributed by atoms with Crippen LogP contribution in [0.15, 0.2) is 181 Å². The van der Waals surface area contributed by atoms with Gasteiger partial charge >= 0.3 is 0 Å². The van der Waals surface area contributed by atoms with E-state index in [0.29, 0.717) is 5.65 Å². The van der Waals surface area contributed by atoms with Crippen LogP contribution in [0.3, 0.4) is 0 Å². The summed E-state index contributed by atoms with van der Waals surface area (Å²) in [7, 11) is 0. The molecule has 0 fully saturated rings. The number of pyridine rings is 2. The molecule has 0 aliphatic rings. The number of hydrogen-bond donors (Lipinski definition) is 1. The Morgan fingerprint density at radius 1 is 0.564 bits per heavy atom. The lowest BCUT2D eigenvalue weighted by molar-refractivity contribution is -0.188. The van der Waals surface area contributed by atoms with Crippen LogP contribution in [0, 0.1) is 7.14 Å². The van der Waals surface area contributed by atoms with Crippen LogP contribution in [-0.4, -0.2) is 19.7 Å². The van der Waals surface area contributed by atoms with Crippen molar-refractivity contribution in [3.8, 4) is 45.3 Å². The quantitative estimate of drug-likeness (QED) is 0.0633. The highest BCUT2D eigenvalue weighted by atomic mass is 127. The zero-order valence-electron chi connectivity index (χ0n) is 28.9. The Bertz CT molecular complexity index is 2680. The molecule has 9 aromatic rings. The van der Waals surface area contributed by atoms with Crippen LogP contribution >= 0.6 is 57.2 Å². The van der Waals surface area contributed by atoms with Crippen molar-refractivity contribution >= 4 is 79.3 Å². The molecule has 0 spiro atoms. The van der Waals surface area contributed by atoms with Gasteiger partial charge in [-0.15, -0.1) is 4.73 Å². The van der Waals surface area contributed by atoms with E-state index in [1.165, 1.54) is 4.73 Å². The van der Waals surface area contributed by atoms with Gasteiger partial charge in [0.2, 0.25) is 0 Å². The van der Waals surface area contributed by atoms with Crippen LogP contribution in [-0.2, 0) is 4.33 Å². The van der Waals surface area contributed by atoms with Crippen LogP contribution < -0.4 is 14.5 Å². The lowest BCUT2D eigenvalue weighted by Crippen LogP contribution is -2.07. The van der Waals surface area contributed by atoms with Crippen molar-refractivity contribution in [3.63, 3.8) is 0 Å². The highest BCUT2D eigenvalue weighted by Crippen LogP contribution is 2.36. The van der Waals surface area contributed by atoms with E-state index in [0.717, 1.165) is 85.8 Å². The second kappa shape index (κ2) is 17.4. The summed E-state index contributed by atoms with van der Waals surface area (Å²) in [5, 5.41) is 2.09. The van der Waals surface area contributed by atoms with Crippen molar-refractivity contribution in [3.05, 3.63) is 184 Å². The number of nitrogens with zero attached hydrogens (tertiary/aromatic N) is 3. The Morgan fingerprint density at radius 3 is 1.71 bits per heavy atom. The molecule has 55 heavy (non-hydrogen) atoms. The molecule has 0 amide bonds. The van der Waals surface area contributed by atoms with Gasteiger partial charge in [0.15, 0.2) is 5.65 Å². The Hall–Kier alpha value is -5.35. The van der Waals surface area contributed by atoms with Crippen LogP contribution in [0.5, 0.6) is 23.0 Å². The smallest absolute Gasteiger partial charge is 0.180 e. The minimum absolute atomic E-state index is 0.674. The molecule has 9 rings (SSSR count). The summed E-state index contributed by atoms with van der Waals surface area (Å²) in [5.74, 6) is 3.21. The fraction of sp³-hybridized carbons (Fsp3) is 0. The van der Waals surface area contributed by atoms with Crippen molar-refractivity contribution in [2.75, 3.05) is 0 Å². The molecular formula is C44H30I2N4O4S. The number of ether oxygens (including phenoxy) is 2. The molecule has 11 heteroatoms. The normalized spacial score (nSPS) is 10.9. The first-order chi connectivity index (χ1) is 27.1. The van der Waals surface area contributed by atoms with Gasteiger partial charge < -0.3 is 14.5 Å². The van der Waals surface area contributed by atoms with Crippen LogP contribution in [0.2, 0.25) is 0 Å². The fourth-order valence-corrected chi connectivity index (χ4v) is 7.41. The molecule has 0 saturated carbocycles. The Kier molecular flexibility index (Phi) is 11.6. The van der Waals surface area contributed by atoms with Gasteiger partial charge in [-0.3, -0.25) is 0 Å². The molecule has 4 aromatic heterocycles. The monoisotopic (exact) mass is 964 g/mol. The molecule has 0 aliphatic heterocycles. The van der Waals surface area contributed by atoms with Gasteiger partial charge in [0.05, 0.1) is 18.2 Å². The second-order valence-electron chi connectivity index (χ2n) is 12.0. The van der Waals surface area contributed by atoms with E-state index in [4.69, 9.17) is 18.8 Å². The number of rotatable bonds is 10. The summed E-state index contributed by atoms with van der Waals surface area (Å²) in [6.07, 6.45) is 7.51. The summed E-state index contributed by atoms with van der Waals surface area (Å²) in [6, 6.07) is 49.5. The molecular weight excluding hydrogens is 934 g/mol. The molecule has 0 radical (unpaired) electrons. The molecule has 1 N–H and O–H groups in total. The first kappa shape index (κ1) is 36.6. The average Bonchev–Trinajstić information content (AvgIpc) is 3.77. The highest BCUT2D eigenvalue weighted by Gasteiger charge is 2.15. The maximum atomic E-state index is 6.12. The zero-order valence-corrected chi connectivity index (χ0v) is 34.0. The van der Waals surface area contributed by atoms with Gasteiger partial charge in [0.25, 0.3) is 0 Å².